The Bertz CT molecular complexity index is 362. The molecule has 0 unspecified atom stereocenters. The van der Waals surface area contributed by atoms with Crippen molar-refractivity contribution < 1.29 is 4.79 Å². The number of nitrogens with zero attached hydrogens (tertiary/aromatic N) is 1. The molecule has 0 spiro atoms. The number of aromatic nitrogens is 1. The highest BCUT2D eigenvalue weighted by Crippen LogP contribution is 2.27. The number of hydrogen-bond acceptors (Lipinski definition) is 4. The molecule has 1 heterocycles. The fraction of sp³-hybridized carbons (Fsp3) is 0.455. The van der Waals surface area contributed by atoms with Crippen LogP contribution in [0, 0.1) is 5.92 Å². The number of carbonyl (C=O) groups excluding carboxylic acids is 1. The normalized spacial score (nSPS) is 14.8. The Kier molecular flexibility index (Phi) is 3.66. The predicted molar refractivity (Wildman–Crippen MR) is 65.1 cm³/mol. The van der Waals surface area contributed by atoms with Crippen LogP contribution in [0.1, 0.15) is 12.8 Å². The van der Waals surface area contributed by atoms with E-state index >= 15 is 0 Å². The highest BCUT2D eigenvalue weighted by atomic mass is 32.2. The average Bonchev–Trinajstić information content (AvgIpc) is 3.09. The molecule has 1 aliphatic carbocycles. The van der Waals surface area contributed by atoms with Gasteiger partial charge in [-0.3, -0.25) is 4.79 Å². The number of nitrogen functional groups attached to an aromatic ring is 1. The molecule has 0 bridgehead atoms. The van der Waals surface area contributed by atoms with Crippen LogP contribution in [0.25, 0.3) is 0 Å². The van der Waals surface area contributed by atoms with Crippen LogP contribution >= 0.6 is 11.8 Å². The second kappa shape index (κ2) is 5.21. The average molecular weight is 237 g/mol. The highest BCUT2D eigenvalue weighted by molar-refractivity contribution is 8.00. The maximum atomic E-state index is 11.4. The molecule has 1 fully saturated rings. The molecule has 0 radical (unpaired) electrons. The largest absolute Gasteiger partial charge is 0.384 e. The van der Waals surface area contributed by atoms with Crippen LogP contribution < -0.4 is 11.1 Å². The van der Waals surface area contributed by atoms with E-state index in [1.807, 2.05) is 6.07 Å². The molecule has 0 aromatic carbocycles. The summed E-state index contributed by atoms with van der Waals surface area (Å²) in [5.41, 5.74) is 5.47. The van der Waals surface area contributed by atoms with Gasteiger partial charge in [0, 0.05) is 17.6 Å². The summed E-state index contributed by atoms with van der Waals surface area (Å²) in [6, 6.07) is 3.62. The fourth-order valence-corrected chi connectivity index (χ4v) is 1.95. The van der Waals surface area contributed by atoms with E-state index in [2.05, 4.69) is 10.3 Å². The number of nitrogens with two attached hydrogens (primary N) is 1. The van der Waals surface area contributed by atoms with Crippen LogP contribution in [0.4, 0.5) is 5.82 Å². The van der Waals surface area contributed by atoms with Crippen LogP contribution in [-0.4, -0.2) is 23.2 Å². The minimum absolute atomic E-state index is 0.0914. The van der Waals surface area contributed by atoms with E-state index in [-0.39, 0.29) is 5.91 Å². The van der Waals surface area contributed by atoms with Gasteiger partial charge >= 0.3 is 0 Å². The molecular weight excluding hydrogens is 222 g/mol. The first-order chi connectivity index (χ1) is 7.74. The second-order valence-corrected chi connectivity index (χ2v) is 5.00. The molecule has 1 aromatic heterocycles. The molecule has 1 saturated carbocycles. The fourth-order valence-electron chi connectivity index (χ4n) is 1.26. The van der Waals surface area contributed by atoms with E-state index in [4.69, 9.17) is 5.73 Å². The Balaban J connectivity index is 1.69. The monoisotopic (exact) mass is 237 g/mol. The minimum atomic E-state index is 0.0914. The number of amides is 1. The van der Waals surface area contributed by atoms with Crippen molar-refractivity contribution in [1.29, 1.82) is 0 Å². The number of anilines is 1. The van der Waals surface area contributed by atoms with Crippen LogP contribution in [0.15, 0.2) is 23.2 Å². The van der Waals surface area contributed by atoms with E-state index in [1.54, 1.807) is 12.3 Å². The van der Waals surface area contributed by atoms with Crippen LogP contribution in [0.3, 0.4) is 0 Å². The van der Waals surface area contributed by atoms with Gasteiger partial charge in [0.25, 0.3) is 0 Å². The number of rotatable bonds is 5. The Morgan fingerprint density at radius 3 is 3.00 bits per heavy atom. The number of thioether (sulfide) groups is 1. The minimum Gasteiger partial charge on any atom is -0.384 e. The van der Waals surface area contributed by atoms with Crippen molar-refractivity contribution in [3.05, 3.63) is 18.3 Å². The van der Waals surface area contributed by atoms with E-state index < -0.39 is 0 Å². The number of carbonyl (C=O) groups is 1. The van der Waals surface area contributed by atoms with Crippen LogP contribution in [0.5, 0.6) is 0 Å². The highest BCUT2D eigenvalue weighted by Gasteiger charge is 2.21. The molecule has 86 valence electrons. The second-order valence-electron chi connectivity index (χ2n) is 3.95. The number of nitrogens with one attached hydrogen (secondary N) is 1. The van der Waals surface area contributed by atoms with E-state index in [0.29, 0.717) is 11.6 Å². The summed E-state index contributed by atoms with van der Waals surface area (Å²) in [7, 11) is 0. The van der Waals surface area contributed by atoms with Crippen molar-refractivity contribution in [3.63, 3.8) is 0 Å². The quantitative estimate of drug-likeness (QED) is 0.757. The summed E-state index contributed by atoms with van der Waals surface area (Å²) in [6.45, 7) is 0.833. The van der Waals surface area contributed by atoms with Gasteiger partial charge in [-0.25, -0.2) is 4.98 Å². The van der Waals surface area contributed by atoms with Gasteiger partial charge in [-0.05, 0) is 30.9 Å². The van der Waals surface area contributed by atoms with Gasteiger partial charge in [0.15, 0.2) is 0 Å². The maximum Gasteiger partial charge on any atom is 0.230 e. The molecule has 4 nitrogen and oxygen atoms in total. The first-order valence-electron chi connectivity index (χ1n) is 5.35. The topological polar surface area (TPSA) is 68.0 Å². The third kappa shape index (κ3) is 3.73. The lowest BCUT2D eigenvalue weighted by atomic mass is 10.4. The van der Waals surface area contributed by atoms with Crippen LogP contribution in [-0.2, 0) is 4.79 Å². The summed E-state index contributed by atoms with van der Waals surface area (Å²) in [4.78, 5) is 16.4. The molecule has 1 aromatic rings. The summed E-state index contributed by atoms with van der Waals surface area (Å²) in [5.74, 6) is 1.77. The standard InChI is InChI=1S/C11H15N3OS/c12-10-4-3-9(6-13-10)16-7-11(15)14-5-8-1-2-8/h3-4,6,8H,1-2,5,7H2,(H2,12,13)(H,14,15). The van der Waals surface area contributed by atoms with Crippen molar-refractivity contribution in [2.75, 3.05) is 18.0 Å². The molecule has 0 atom stereocenters. The lowest BCUT2D eigenvalue weighted by Crippen LogP contribution is -2.27. The van der Waals surface area contributed by atoms with E-state index in [0.717, 1.165) is 17.4 Å². The van der Waals surface area contributed by atoms with Crippen molar-refractivity contribution >= 4 is 23.5 Å². The first kappa shape index (κ1) is 11.3. The van der Waals surface area contributed by atoms with Gasteiger partial charge < -0.3 is 11.1 Å². The Morgan fingerprint density at radius 1 is 1.56 bits per heavy atom. The zero-order valence-electron chi connectivity index (χ0n) is 8.98. The molecule has 3 N–H and O–H groups in total. The lowest BCUT2D eigenvalue weighted by Gasteiger charge is -2.03. The maximum absolute atomic E-state index is 11.4. The third-order valence-corrected chi connectivity index (χ3v) is 3.40. The van der Waals surface area contributed by atoms with Gasteiger partial charge in [0.1, 0.15) is 5.82 Å². The summed E-state index contributed by atoms with van der Waals surface area (Å²) >= 11 is 1.48. The smallest absolute Gasteiger partial charge is 0.230 e. The Labute approximate surface area is 99.0 Å². The van der Waals surface area contributed by atoms with Gasteiger partial charge in [-0.15, -0.1) is 11.8 Å². The molecule has 16 heavy (non-hydrogen) atoms. The van der Waals surface area contributed by atoms with Crippen molar-refractivity contribution in [2.24, 2.45) is 5.92 Å². The number of hydrogen-bond donors (Lipinski definition) is 2. The SMILES string of the molecule is Nc1ccc(SCC(=O)NCC2CC2)cn1. The molecule has 0 aliphatic heterocycles. The molecular formula is C11H15N3OS. The van der Waals surface area contributed by atoms with Gasteiger partial charge in [-0.1, -0.05) is 0 Å². The molecule has 1 aliphatic rings. The molecule has 5 heteroatoms. The number of pyridine rings is 1. The van der Waals surface area contributed by atoms with Crippen molar-refractivity contribution in [1.82, 2.24) is 10.3 Å². The van der Waals surface area contributed by atoms with Crippen molar-refractivity contribution in [3.8, 4) is 0 Å². The zero-order valence-corrected chi connectivity index (χ0v) is 9.80. The summed E-state index contributed by atoms with van der Waals surface area (Å²) in [6.07, 6.45) is 4.21. The summed E-state index contributed by atoms with van der Waals surface area (Å²) in [5, 5.41) is 2.92. The Morgan fingerprint density at radius 2 is 2.38 bits per heavy atom. The molecule has 0 saturated heterocycles. The molecule has 1 amide bonds. The van der Waals surface area contributed by atoms with E-state index in [1.165, 1.54) is 24.6 Å². The van der Waals surface area contributed by atoms with Gasteiger partial charge in [0.2, 0.25) is 5.91 Å². The summed E-state index contributed by atoms with van der Waals surface area (Å²) < 4.78 is 0. The van der Waals surface area contributed by atoms with Gasteiger partial charge in [0.05, 0.1) is 5.75 Å². The first-order valence-corrected chi connectivity index (χ1v) is 6.33. The van der Waals surface area contributed by atoms with Gasteiger partial charge in [-0.2, -0.15) is 0 Å². The zero-order chi connectivity index (χ0) is 11.4. The third-order valence-electron chi connectivity index (χ3n) is 2.41. The Hall–Kier alpha value is -1.23. The molecule has 2 rings (SSSR count). The lowest BCUT2D eigenvalue weighted by molar-refractivity contribution is -0.118. The predicted octanol–water partition coefficient (Wildman–Crippen LogP) is 1.28. The van der Waals surface area contributed by atoms with Crippen molar-refractivity contribution in [2.45, 2.75) is 17.7 Å². The van der Waals surface area contributed by atoms with E-state index in [9.17, 15) is 4.79 Å². The van der Waals surface area contributed by atoms with Crippen LogP contribution in [0.2, 0.25) is 0 Å².